The summed E-state index contributed by atoms with van der Waals surface area (Å²) in [5, 5.41) is 9.93. The summed E-state index contributed by atoms with van der Waals surface area (Å²) < 4.78 is 23.7. The lowest BCUT2D eigenvalue weighted by molar-refractivity contribution is -0.384. The van der Waals surface area contributed by atoms with Gasteiger partial charge in [0.15, 0.2) is 0 Å². The van der Waals surface area contributed by atoms with E-state index in [0.717, 1.165) is 4.31 Å². The van der Waals surface area contributed by atoms with E-state index in [2.05, 4.69) is 0 Å². The monoisotopic (exact) mass is 264 g/mol. The smallest absolute Gasteiger partial charge is 0.271 e. The second-order valence-electron chi connectivity index (χ2n) is 2.97. The van der Waals surface area contributed by atoms with Crippen LogP contribution in [0.3, 0.4) is 0 Å². The fourth-order valence-corrected chi connectivity index (χ4v) is 2.06. The Morgan fingerprint density at radius 3 is 2.62 bits per heavy atom. The molecule has 1 aromatic carbocycles. The van der Waals surface area contributed by atoms with Crippen molar-refractivity contribution in [2.75, 3.05) is 16.6 Å². The highest BCUT2D eigenvalue weighted by molar-refractivity contribution is 7.93. The molecule has 0 radical (unpaired) electrons. The Labute approximate surface area is 97.6 Å². The third-order valence-electron chi connectivity index (χ3n) is 1.96. The van der Waals surface area contributed by atoms with Crippen molar-refractivity contribution in [2.45, 2.75) is 0 Å². The van der Waals surface area contributed by atoms with Gasteiger partial charge in [0.1, 0.15) is 5.21 Å². The van der Waals surface area contributed by atoms with E-state index in [1.54, 1.807) is 0 Å². The van der Waals surface area contributed by atoms with Gasteiger partial charge in [0.05, 0.1) is 10.6 Å². The molecule has 0 aliphatic rings. The van der Waals surface area contributed by atoms with Gasteiger partial charge < -0.3 is 0 Å². The van der Waals surface area contributed by atoms with Crippen LogP contribution in [0.5, 0.6) is 0 Å². The molecule has 16 heavy (non-hydrogen) atoms. The predicted octanol–water partition coefficient (Wildman–Crippen LogP) is 1.56. The molecule has 0 amide bonds. The summed E-state index contributed by atoms with van der Waals surface area (Å²) in [5.41, 5.74) is 0.0315. The SMILES string of the molecule is CN(c1cccc([N+](=O)[O-])c1)S(=O)(=O)CCl. The van der Waals surface area contributed by atoms with Crippen LogP contribution in [0.2, 0.25) is 0 Å². The Balaban J connectivity index is 3.15. The van der Waals surface area contributed by atoms with E-state index in [4.69, 9.17) is 11.6 Å². The van der Waals surface area contributed by atoms with Crippen molar-refractivity contribution in [1.82, 2.24) is 0 Å². The van der Waals surface area contributed by atoms with Gasteiger partial charge in [0.2, 0.25) is 10.0 Å². The molecule has 0 aliphatic carbocycles. The highest BCUT2D eigenvalue weighted by Crippen LogP contribution is 2.22. The fourth-order valence-electron chi connectivity index (χ4n) is 1.04. The molecule has 1 rings (SSSR count). The van der Waals surface area contributed by atoms with Crippen LogP contribution in [0.4, 0.5) is 11.4 Å². The molecule has 0 N–H and O–H groups in total. The van der Waals surface area contributed by atoms with E-state index in [1.807, 2.05) is 0 Å². The maximum atomic E-state index is 11.4. The molecule has 88 valence electrons. The van der Waals surface area contributed by atoms with Gasteiger partial charge in [-0.15, -0.1) is 11.6 Å². The maximum Gasteiger partial charge on any atom is 0.271 e. The number of anilines is 1. The molecule has 8 heteroatoms. The zero-order valence-corrected chi connectivity index (χ0v) is 9.90. The van der Waals surface area contributed by atoms with Crippen LogP contribution in [0.15, 0.2) is 24.3 Å². The normalized spacial score (nSPS) is 11.1. The van der Waals surface area contributed by atoms with Crippen molar-refractivity contribution >= 4 is 33.0 Å². The number of nitrogens with zero attached hydrogens (tertiary/aromatic N) is 2. The zero-order chi connectivity index (χ0) is 12.3. The van der Waals surface area contributed by atoms with Crippen LogP contribution < -0.4 is 4.31 Å². The number of halogens is 1. The molecule has 0 aromatic heterocycles. The molecule has 0 spiro atoms. The number of hydrogen-bond acceptors (Lipinski definition) is 4. The van der Waals surface area contributed by atoms with Gasteiger partial charge >= 0.3 is 0 Å². The third-order valence-corrected chi connectivity index (χ3v) is 4.11. The van der Waals surface area contributed by atoms with Crippen LogP contribution in [0.1, 0.15) is 0 Å². The molecule has 0 saturated carbocycles. The van der Waals surface area contributed by atoms with E-state index >= 15 is 0 Å². The lowest BCUT2D eigenvalue weighted by atomic mass is 10.3. The number of benzene rings is 1. The van der Waals surface area contributed by atoms with E-state index in [-0.39, 0.29) is 11.4 Å². The van der Waals surface area contributed by atoms with E-state index < -0.39 is 20.2 Å². The van der Waals surface area contributed by atoms with E-state index in [1.165, 1.54) is 31.3 Å². The first-order valence-electron chi connectivity index (χ1n) is 4.15. The molecule has 0 heterocycles. The molecule has 6 nitrogen and oxygen atoms in total. The van der Waals surface area contributed by atoms with Gasteiger partial charge in [-0.25, -0.2) is 8.42 Å². The Hall–Kier alpha value is -1.34. The topological polar surface area (TPSA) is 80.5 Å². The predicted molar refractivity (Wildman–Crippen MR) is 61.1 cm³/mol. The highest BCUT2D eigenvalue weighted by Gasteiger charge is 2.18. The van der Waals surface area contributed by atoms with Crippen molar-refractivity contribution in [3.05, 3.63) is 34.4 Å². The van der Waals surface area contributed by atoms with Crippen LogP contribution >= 0.6 is 11.6 Å². The average molecular weight is 265 g/mol. The molecule has 0 unspecified atom stereocenters. The number of alkyl halides is 1. The van der Waals surface area contributed by atoms with E-state index in [9.17, 15) is 18.5 Å². The minimum atomic E-state index is -3.62. The summed E-state index contributed by atoms with van der Waals surface area (Å²) >= 11 is 5.28. The minimum absolute atomic E-state index is 0.172. The molecule has 0 aliphatic heterocycles. The number of rotatable bonds is 4. The first-order chi connectivity index (χ1) is 7.38. The molecule has 0 fully saturated rings. The van der Waals surface area contributed by atoms with Gasteiger partial charge in [-0.1, -0.05) is 6.07 Å². The van der Waals surface area contributed by atoms with Crippen LogP contribution in [0.25, 0.3) is 0 Å². The first-order valence-corrected chi connectivity index (χ1v) is 6.30. The second-order valence-corrected chi connectivity index (χ2v) is 5.55. The zero-order valence-electron chi connectivity index (χ0n) is 8.33. The fraction of sp³-hybridized carbons (Fsp3) is 0.250. The number of non-ortho nitro benzene ring substituents is 1. The first kappa shape index (κ1) is 12.7. The standard InChI is InChI=1S/C8H9ClN2O4S/c1-10(16(14,15)6-9)7-3-2-4-8(5-7)11(12)13/h2-5H,6H2,1H3. The highest BCUT2D eigenvalue weighted by atomic mass is 35.5. The molecule has 0 atom stereocenters. The molecular formula is C8H9ClN2O4S. The van der Waals surface area contributed by atoms with Gasteiger partial charge in [-0.2, -0.15) is 0 Å². The summed E-state index contributed by atoms with van der Waals surface area (Å²) in [6, 6.07) is 5.32. The number of hydrogen-bond donors (Lipinski definition) is 0. The van der Waals surface area contributed by atoms with E-state index in [0.29, 0.717) is 0 Å². The lowest BCUT2D eigenvalue weighted by Crippen LogP contribution is -2.27. The maximum absolute atomic E-state index is 11.4. The number of sulfonamides is 1. The second kappa shape index (κ2) is 4.67. The summed E-state index contributed by atoms with van der Waals surface area (Å²) in [6.45, 7) is 0. The summed E-state index contributed by atoms with van der Waals surface area (Å²) in [7, 11) is -2.33. The molecule has 1 aromatic rings. The number of nitro groups is 1. The van der Waals surface area contributed by atoms with Gasteiger partial charge in [-0.3, -0.25) is 14.4 Å². The van der Waals surface area contributed by atoms with Crippen molar-refractivity contribution < 1.29 is 13.3 Å². The van der Waals surface area contributed by atoms with Crippen LogP contribution in [-0.4, -0.2) is 25.6 Å². The number of nitro benzene ring substituents is 1. The average Bonchev–Trinajstić information content (AvgIpc) is 2.28. The van der Waals surface area contributed by atoms with Crippen molar-refractivity contribution in [3.8, 4) is 0 Å². The Morgan fingerprint density at radius 2 is 2.12 bits per heavy atom. The Bertz CT molecular complexity index is 503. The minimum Gasteiger partial charge on any atom is -0.272 e. The van der Waals surface area contributed by atoms with Crippen molar-refractivity contribution in [1.29, 1.82) is 0 Å². The van der Waals surface area contributed by atoms with Gasteiger partial charge in [0, 0.05) is 19.2 Å². The van der Waals surface area contributed by atoms with Gasteiger partial charge in [-0.05, 0) is 6.07 Å². The quantitative estimate of drug-likeness (QED) is 0.469. The third kappa shape index (κ3) is 2.61. The van der Waals surface area contributed by atoms with Crippen LogP contribution in [0, 0.1) is 10.1 Å². The van der Waals surface area contributed by atoms with Crippen molar-refractivity contribution in [3.63, 3.8) is 0 Å². The van der Waals surface area contributed by atoms with Crippen molar-refractivity contribution in [2.24, 2.45) is 0 Å². The molecular weight excluding hydrogens is 256 g/mol. The summed E-state index contributed by atoms with van der Waals surface area (Å²) in [4.78, 5) is 9.91. The summed E-state index contributed by atoms with van der Waals surface area (Å²) in [5.74, 6) is 0. The largest absolute Gasteiger partial charge is 0.272 e. The lowest BCUT2D eigenvalue weighted by Gasteiger charge is -2.17. The Morgan fingerprint density at radius 1 is 1.50 bits per heavy atom. The Kier molecular flexibility index (Phi) is 3.71. The molecule has 0 saturated heterocycles. The molecule has 0 bridgehead atoms. The van der Waals surface area contributed by atoms with Crippen LogP contribution in [-0.2, 0) is 10.0 Å². The van der Waals surface area contributed by atoms with Gasteiger partial charge in [0.25, 0.3) is 5.69 Å². The summed E-state index contributed by atoms with van der Waals surface area (Å²) in [6.07, 6.45) is 0.